The molecule has 0 aromatic carbocycles. The first-order valence-electron chi connectivity index (χ1n) is 4.44. The van der Waals surface area contributed by atoms with Crippen molar-refractivity contribution >= 4 is 22.7 Å². The lowest BCUT2D eigenvalue weighted by atomic mass is 9.97. The number of hydrogen-bond donors (Lipinski definition) is 2. The Bertz CT molecular complexity index is 379. The maximum Gasteiger partial charge on any atom is 0.328 e. The number of carbonyl (C=O) groups excluding carboxylic acids is 1. The highest BCUT2D eigenvalue weighted by Crippen LogP contribution is 2.43. The van der Waals surface area contributed by atoms with E-state index in [2.05, 4.69) is 0 Å². The number of fused-ring (bicyclic) bond motifs is 1. The summed E-state index contributed by atoms with van der Waals surface area (Å²) in [6, 6.07) is -1.11. The topological polar surface area (TPSA) is 94.9 Å². The average Bonchev–Trinajstić information content (AvgIpc) is 2.32. The van der Waals surface area contributed by atoms with Crippen LogP contribution in [0.25, 0.3) is 0 Å². The van der Waals surface area contributed by atoms with Gasteiger partial charge in [-0.3, -0.25) is 9.00 Å². The van der Waals surface area contributed by atoms with Crippen molar-refractivity contribution in [1.29, 1.82) is 0 Å². The third-order valence-corrected chi connectivity index (χ3v) is 5.14. The summed E-state index contributed by atoms with van der Waals surface area (Å²) in [5, 5.41) is 17.4. The zero-order valence-corrected chi connectivity index (χ0v) is 9.02. The zero-order chi connectivity index (χ0) is 11.5. The zero-order valence-electron chi connectivity index (χ0n) is 8.21. The number of nitrogens with zero attached hydrogens (tertiary/aromatic N) is 1. The van der Waals surface area contributed by atoms with Crippen LogP contribution >= 0.6 is 0 Å². The number of aliphatic hydroxyl groups excluding tert-OH is 1. The molecule has 0 aromatic rings. The van der Waals surface area contributed by atoms with Crippen LogP contribution in [0.1, 0.15) is 13.8 Å². The van der Waals surface area contributed by atoms with Crippen LogP contribution in [0.3, 0.4) is 0 Å². The molecule has 0 spiro atoms. The third kappa shape index (κ3) is 1.04. The number of rotatable bonds is 1. The second kappa shape index (κ2) is 2.79. The lowest BCUT2D eigenvalue weighted by molar-refractivity contribution is -0.169. The SMILES string of the molecule is CC1(C)[C@H](C(=O)O)N2C(=O)[C@@H](O)[C@H]2S1=O. The smallest absolute Gasteiger partial charge is 0.328 e. The number of carboxylic acids is 1. The first kappa shape index (κ1) is 10.6. The summed E-state index contributed by atoms with van der Waals surface area (Å²) in [7, 11) is -1.55. The van der Waals surface area contributed by atoms with Crippen LogP contribution in [0.15, 0.2) is 0 Å². The van der Waals surface area contributed by atoms with E-state index in [0.29, 0.717) is 0 Å². The Kier molecular flexibility index (Phi) is 1.97. The molecule has 2 aliphatic rings. The van der Waals surface area contributed by atoms with E-state index < -0.39 is 44.9 Å². The van der Waals surface area contributed by atoms with Crippen LogP contribution in [0.4, 0.5) is 0 Å². The molecule has 84 valence electrons. The van der Waals surface area contributed by atoms with E-state index in [1.54, 1.807) is 0 Å². The highest BCUT2D eigenvalue weighted by molar-refractivity contribution is 7.87. The van der Waals surface area contributed by atoms with E-state index in [4.69, 9.17) is 5.11 Å². The largest absolute Gasteiger partial charge is 0.480 e. The van der Waals surface area contributed by atoms with Gasteiger partial charge in [-0.1, -0.05) is 0 Å². The Balaban J connectivity index is 2.45. The molecule has 0 radical (unpaired) electrons. The number of aliphatic carboxylic acids is 1. The first-order valence-corrected chi connectivity index (χ1v) is 5.65. The Morgan fingerprint density at radius 2 is 2.07 bits per heavy atom. The van der Waals surface area contributed by atoms with Crippen molar-refractivity contribution in [2.24, 2.45) is 0 Å². The van der Waals surface area contributed by atoms with E-state index in [9.17, 15) is 18.9 Å². The molecule has 2 rings (SSSR count). The molecule has 1 amide bonds. The molecule has 0 aromatic heterocycles. The number of carbonyl (C=O) groups is 2. The summed E-state index contributed by atoms with van der Waals surface area (Å²) in [4.78, 5) is 23.3. The summed E-state index contributed by atoms with van der Waals surface area (Å²) in [5.74, 6) is -1.83. The number of aliphatic hydroxyl groups is 1. The minimum absolute atomic E-state index is 0.647. The van der Waals surface area contributed by atoms with Gasteiger partial charge in [-0.25, -0.2) is 4.79 Å². The molecule has 2 heterocycles. The van der Waals surface area contributed by atoms with Crippen molar-refractivity contribution in [3.63, 3.8) is 0 Å². The third-order valence-electron chi connectivity index (χ3n) is 2.96. The number of carboxylic acid groups (broad SMARTS) is 1. The minimum Gasteiger partial charge on any atom is -0.480 e. The lowest BCUT2D eigenvalue weighted by Crippen LogP contribution is -2.66. The summed E-state index contributed by atoms with van der Waals surface area (Å²) < 4.78 is 10.8. The summed E-state index contributed by atoms with van der Waals surface area (Å²) in [6.07, 6.45) is -1.31. The molecule has 2 fully saturated rings. The van der Waals surface area contributed by atoms with Gasteiger partial charge in [-0.15, -0.1) is 0 Å². The Morgan fingerprint density at radius 3 is 2.53 bits per heavy atom. The fourth-order valence-corrected chi connectivity index (χ4v) is 3.98. The van der Waals surface area contributed by atoms with Crippen LogP contribution in [0, 0.1) is 0 Å². The maximum absolute atomic E-state index is 11.9. The molecule has 0 bridgehead atoms. The molecule has 0 aliphatic carbocycles. The van der Waals surface area contributed by atoms with Gasteiger partial charge in [0.25, 0.3) is 5.91 Å². The van der Waals surface area contributed by atoms with E-state index in [0.717, 1.165) is 4.90 Å². The van der Waals surface area contributed by atoms with Gasteiger partial charge in [-0.2, -0.15) is 0 Å². The minimum atomic E-state index is -1.55. The molecule has 2 saturated heterocycles. The summed E-state index contributed by atoms with van der Waals surface area (Å²) in [6.45, 7) is 3.06. The number of β-lactam (4-membered cyclic amide) rings is 1. The number of hydrogen-bond acceptors (Lipinski definition) is 4. The second-order valence-electron chi connectivity index (χ2n) is 4.22. The van der Waals surface area contributed by atoms with Gasteiger partial charge in [-0.05, 0) is 13.8 Å². The molecular formula is C8H11NO5S. The van der Waals surface area contributed by atoms with Crippen LogP contribution in [-0.2, 0) is 20.4 Å². The van der Waals surface area contributed by atoms with Gasteiger partial charge in [0.1, 0.15) is 11.4 Å². The fourth-order valence-electron chi connectivity index (χ4n) is 2.14. The van der Waals surface area contributed by atoms with E-state index in [-0.39, 0.29) is 0 Å². The molecule has 1 unspecified atom stereocenters. The van der Waals surface area contributed by atoms with Gasteiger partial charge >= 0.3 is 5.97 Å². The van der Waals surface area contributed by atoms with Gasteiger partial charge in [0.05, 0.1) is 15.5 Å². The molecule has 2 N–H and O–H groups in total. The van der Waals surface area contributed by atoms with E-state index in [1.165, 1.54) is 13.8 Å². The van der Waals surface area contributed by atoms with E-state index in [1.807, 2.05) is 0 Å². The maximum atomic E-state index is 11.9. The highest BCUT2D eigenvalue weighted by atomic mass is 32.2. The molecule has 4 atom stereocenters. The Morgan fingerprint density at radius 1 is 1.53 bits per heavy atom. The Labute approximate surface area is 88.3 Å². The van der Waals surface area contributed by atoms with Crippen molar-refractivity contribution in [2.75, 3.05) is 0 Å². The van der Waals surface area contributed by atoms with Gasteiger partial charge in [0.15, 0.2) is 6.10 Å². The molecule has 0 saturated carbocycles. The van der Waals surface area contributed by atoms with Crippen LogP contribution in [0.5, 0.6) is 0 Å². The van der Waals surface area contributed by atoms with Crippen molar-refractivity contribution in [3.8, 4) is 0 Å². The first-order chi connectivity index (χ1) is 6.80. The predicted molar refractivity (Wildman–Crippen MR) is 50.3 cm³/mol. The van der Waals surface area contributed by atoms with Crippen molar-refractivity contribution in [2.45, 2.75) is 36.1 Å². The quantitative estimate of drug-likeness (QED) is 0.538. The molecule has 7 heteroatoms. The molecule has 2 aliphatic heterocycles. The van der Waals surface area contributed by atoms with Crippen molar-refractivity contribution < 1.29 is 24.0 Å². The summed E-state index contributed by atoms with van der Waals surface area (Å²) in [5.41, 5.74) is 0. The van der Waals surface area contributed by atoms with Crippen LogP contribution in [-0.4, -0.2) is 53.5 Å². The Hall–Kier alpha value is -0.950. The molecular weight excluding hydrogens is 222 g/mol. The van der Waals surface area contributed by atoms with E-state index >= 15 is 0 Å². The van der Waals surface area contributed by atoms with Crippen LogP contribution < -0.4 is 0 Å². The number of amides is 1. The molecule has 15 heavy (non-hydrogen) atoms. The van der Waals surface area contributed by atoms with Gasteiger partial charge in [0.2, 0.25) is 0 Å². The lowest BCUT2D eigenvalue weighted by Gasteiger charge is -2.39. The monoisotopic (exact) mass is 233 g/mol. The van der Waals surface area contributed by atoms with Crippen LogP contribution in [0.2, 0.25) is 0 Å². The van der Waals surface area contributed by atoms with Gasteiger partial charge < -0.3 is 15.1 Å². The van der Waals surface area contributed by atoms with Crippen molar-refractivity contribution in [1.82, 2.24) is 4.90 Å². The van der Waals surface area contributed by atoms with Crippen molar-refractivity contribution in [3.05, 3.63) is 0 Å². The fraction of sp³-hybridized carbons (Fsp3) is 0.750. The van der Waals surface area contributed by atoms with Gasteiger partial charge in [0, 0.05) is 0 Å². The summed E-state index contributed by atoms with van der Waals surface area (Å²) >= 11 is 0. The molecule has 6 nitrogen and oxygen atoms in total. The average molecular weight is 233 g/mol. The predicted octanol–water partition coefficient (Wildman–Crippen LogP) is -1.49. The standard InChI is InChI=1S/C8H11NO5S/c1-8(2)4(7(12)13)9-5(11)3(10)6(9)15(8)14/h3-4,6,10H,1-2H3,(H,12,13)/t3-,4+,6-,15?/m1/s1. The second-order valence-corrected chi connectivity index (χ2v) is 6.35. The highest BCUT2D eigenvalue weighted by Gasteiger charge is 2.67. The normalized spacial score (nSPS) is 42.3.